The fraction of sp³-hybridized carbons (Fsp3) is 0.375. The Morgan fingerprint density at radius 1 is 0.929 bits per heavy atom. The number of anilines is 1. The van der Waals surface area contributed by atoms with Gasteiger partial charge in [0.1, 0.15) is 12.6 Å². The van der Waals surface area contributed by atoms with Crippen molar-refractivity contribution < 1.29 is 18.0 Å². The van der Waals surface area contributed by atoms with E-state index in [4.69, 9.17) is 23.2 Å². The first-order valence-electron chi connectivity index (χ1n) is 14.2. The largest absolute Gasteiger partial charge is 0.352 e. The Hall–Kier alpha value is -3.07. The van der Waals surface area contributed by atoms with E-state index in [-0.39, 0.29) is 39.1 Å². The minimum atomic E-state index is -4.25. The lowest BCUT2D eigenvalue weighted by Gasteiger charge is -2.34. The van der Waals surface area contributed by atoms with E-state index in [0.717, 1.165) is 46.7 Å². The number of nitrogens with one attached hydrogen (secondary N) is 1. The smallest absolute Gasteiger partial charge is 0.264 e. The van der Waals surface area contributed by atoms with Gasteiger partial charge in [-0.3, -0.25) is 13.9 Å². The zero-order valence-electron chi connectivity index (χ0n) is 24.1. The fourth-order valence-electron chi connectivity index (χ4n) is 5.20. The molecule has 0 radical (unpaired) electrons. The van der Waals surface area contributed by atoms with Crippen LogP contribution in [0.5, 0.6) is 0 Å². The van der Waals surface area contributed by atoms with Crippen LogP contribution >= 0.6 is 23.2 Å². The Morgan fingerprint density at radius 3 is 2.12 bits per heavy atom. The Bertz CT molecular complexity index is 1510. The van der Waals surface area contributed by atoms with Crippen molar-refractivity contribution >= 4 is 50.7 Å². The van der Waals surface area contributed by atoms with Gasteiger partial charge in [-0.15, -0.1) is 0 Å². The van der Waals surface area contributed by atoms with Gasteiger partial charge in [-0.1, -0.05) is 90.5 Å². The first-order valence-corrected chi connectivity index (χ1v) is 16.4. The van der Waals surface area contributed by atoms with E-state index in [1.807, 2.05) is 45.0 Å². The summed E-state index contributed by atoms with van der Waals surface area (Å²) in [7, 11) is -4.25. The molecule has 1 aliphatic carbocycles. The number of benzene rings is 3. The van der Waals surface area contributed by atoms with Crippen molar-refractivity contribution in [1.82, 2.24) is 10.2 Å². The van der Waals surface area contributed by atoms with Gasteiger partial charge >= 0.3 is 0 Å². The number of aryl methyl sites for hydroxylation is 2. The van der Waals surface area contributed by atoms with Crippen LogP contribution in [0.1, 0.15) is 55.7 Å². The number of carbonyl (C=O) groups excluding carboxylic acids is 2. The fourth-order valence-corrected chi connectivity index (χ4v) is 7.07. The zero-order valence-corrected chi connectivity index (χ0v) is 26.5. The highest BCUT2D eigenvalue weighted by Gasteiger charge is 2.35. The molecule has 0 spiro atoms. The summed E-state index contributed by atoms with van der Waals surface area (Å²) in [6, 6.07) is 17.8. The van der Waals surface area contributed by atoms with Gasteiger partial charge in [-0.2, -0.15) is 0 Å². The summed E-state index contributed by atoms with van der Waals surface area (Å²) in [6.07, 6.45) is 4.28. The van der Waals surface area contributed by atoms with Gasteiger partial charge in [0.05, 0.1) is 15.6 Å². The Balaban J connectivity index is 1.74. The molecule has 1 fully saturated rings. The predicted molar refractivity (Wildman–Crippen MR) is 168 cm³/mol. The SMILES string of the molecule is CC[C@H](C(=O)NC1CCCC1)N(Cc1ccc(C)cc1)C(=O)CN(c1cc(Cl)ccc1Cl)S(=O)(=O)c1ccc(C)cc1. The van der Waals surface area contributed by atoms with E-state index in [1.54, 1.807) is 18.2 Å². The molecule has 7 nitrogen and oxygen atoms in total. The number of sulfonamides is 1. The predicted octanol–water partition coefficient (Wildman–Crippen LogP) is 6.67. The first kappa shape index (κ1) is 31.9. The van der Waals surface area contributed by atoms with Crippen molar-refractivity contribution in [3.05, 3.63) is 93.5 Å². The van der Waals surface area contributed by atoms with Crippen LogP contribution in [-0.4, -0.2) is 43.8 Å². The average molecular weight is 631 g/mol. The summed E-state index contributed by atoms with van der Waals surface area (Å²) in [5.74, 6) is -0.769. The van der Waals surface area contributed by atoms with Crippen LogP contribution in [0, 0.1) is 13.8 Å². The van der Waals surface area contributed by atoms with Crippen molar-refractivity contribution in [2.24, 2.45) is 0 Å². The number of hydrogen-bond donors (Lipinski definition) is 1. The second-order valence-electron chi connectivity index (χ2n) is 10.8. The highest BCUT2D eigenvalue weighted by atomic mass is 35.5. The number of halogens is 2. The molecular weight excluding hydrogens is 593 g/mol. The molecule has 0 saturated heterocycles. The lowest BCUT2D eigenvalue weighted by atomic mass is 10.1. The standard InChI is InChI=1S/C32H37Cl2N3O4S/c1-4-29(32(39)35-26-7-5-6-8-26)36(20-24-13-9-22(2)10-14-24)31(38)21-37(30-19-25(33)15-18-28(30)34)42(40,41)27-16-11-23(3)12-17-27/h9-19,26,29H,4-8,20-21H2,1-3H3,(H,35,39)/t29-/m1/s1. The maximum absolute atomic E-state index is 14.2. The van der Waals surface area contributed by atoms with Crippen LogP contribution in [0.15, 0.2) is 71.6 Å². The van der Waals surface area contributed by atoms with Crippen molar-refractivity contribution in [2.75, 3.05) is 10.8 Å². The molecule has 0 aliphatic heterocycles. The third-order valence-corrected chi connectivity index (χ3v) is 9.95. The van der Waals surface area contributed by atoms with Crippen LogP contribution in [0.2, 0.25) is 10.0 Å². The number of hydrogen-bond acceptors (Lipinski definition) is 4. The molecule has 42 heavy (non-hydrogen) atoms. The topological polar surface area (TPSA) is 86.8 Å². The molecule has 224 valence electrons. The molecule has 1 atom stereocenters. The molecule has 0 bridgehead atoms. The molecule has 3 aromatic rings. The first-order chi connectivity index (χ1) is 20.0. The minimum absolute atomic E-state index is 0.00745. The van der Waals surface area contributed by atoms with E-state index in [1.165, 1.54) is 29.2 Å². The molecule has 1 N–H and O–H groups in total. The van der Waals surface area contributed by atoms with Crippen molar-refractivity contribution in [3.63, 3.8) is 0 Å². The zero-order chi connectivity index (χ0) is 30.4. The number of carbonyl (C=O) groups is 2. The van der Waals surface area contributed by atoms with Gasteiger partial charge in [0.25, 0.3) is 10.0 Å². The van der Waals surface area contributed by atoms with E-state index >= 15 is 0 Å². The summed E-state index contributed by atoms with van der Waals surface area (Å²) < 4.78 is 29.1. The average Bonchev–Trinajstić information content (AvgIpc) is 3.47. The van der Waals surface area contributed by atoms with Gasteiger partial charge < -0.3 is 10.2 Å². The molecule has 0 aromatic heterocycles. The Kier molecular flexibility index (Phi) is 10.6. The number of nitrogens with zero attached hydrogens (tertiary/aromatic N) is 2. The molecule has 0 heterocycles. The van der Waals surface area contributed by atoms with Crippen LogP contribution in [-0.2, 0) is 26.2 Å². The quantitative estimate of drug-likeness (QED) is 0.256. The molecule has 0 unspecified atom stereocenters. The third-order valence-electron chi connectivity index (χ3n) is 7.63. The molecule has 1 saturated carbocycles. The maximum Gasteiger partial charge on any atom is 0.264 e. The monoisotopic (exact) mass is 629 g/mol. The maximum atomic E-state index is 14.2. The summed E-state index contributed by atoms with van der Waals surface area (Å²) in [5, 5.41) is 3.51. The summed E-state index contributed by atoms with van der Waals surface area (Å²) in [6.45, 7) is 5.24. The van der Waals surface area contributed by atoms with Crippen molar-refractivity contribution in [3.8, 4) is 0 Å². The van der Waals surface area contributed by atoms with Gasteiger partial charge in [0.15, 0.2) is 0 Å². The lowest BCUT2D eigenvalue weighted by Crippen LogP contribution is -2.53. The second kappa shape index (κ2) is 13.9. The van der Waals surface area contributed by atoms with Gasteiger partial charge in [-0.05, 0) is 69.0 Å². The van der Waals surface area contributed by atoms with Crippen LogP contribution in [0.25, 0.3) is 0 Å². The van der Waals surface area contributed by atoms with Crippen molar-refractivity contribution in [2.45, 2.75) is 76.4 Å². The van der Waals surface area contributed by atoms with Crippen LogP contribution < -0.4 is 9.62 Å². The molecule has 2 amide bonds. The highest BCUT2D eigenvalue weighted by Crippen LogP contribution is 2.33. The van der Waals surface area contributed by atoms with Gasteiger partial charge in [0, 0.05) is 17.6 Å². The Labute approximate surface area is 258 Å². The molecule has 4 rings (SSSR count). The van der Waals surface area contributed by atoms with Gasteiger partial charge in [0.2, 0.25) is 11.8 Å². The van der Waals surface area contributed by atoms with Crippen LogP contribution in [0.3, 0.4) is 0 Å². The van der Waals surface area contributed by atoms with Crippen LogP contribution in [0.4, 0.5) is 5.69 Å². The summed E-state index contributed by atoms with van der Waals surface area (Å²) in [5.41, 5.74) is 2.86. The van der Waals surface area contributed by atoms with E-state index in [0.29, 0.717) is 6.42 Å². The van der Waals surface area contributed by atoms with E-state index in [2.05, 4.69) is 5.32 Å². The Morgan fingerprint density at radius 2 is 1.52 bits per heavy atom. The van der Waals surface area contributed by atoms with Gasteiger partial charge in [-0.25, -0.2) is 8.42 Å². The second-order valence-corrected chi connectivity index (χ2v) is 13.5. The summed E-state index contributed by atoms with van der Waals surface area (Å²) in [4.78, 5) is 29.3. The lowest BCUT2D eigenvalue weighted by molar-refractivity contribution is -0.140. The number of amides is 2. The molecular formula is C32H37Cl2N3O4S. The normalized spacial score (nSPS) is 14.4. The molecule has 3 aromatic carbocycles. The molecule has 10 heteroatoms. The van der Waals surface area contributed by atoms with E-state index < -0.39 is 28.5 Å². The minimum Gasteiger partial charge on any atom is -0.352 e. The summed E-state index contributed by atoms with van der Waals surface area (Å²) >= 11 is 12.8. The van der Waals surface area contributed by atoms with Crippen molar-refractivity contribution in [1.29, 1.82) is 0 Å². The third kappa shape index (κ3) is 7.65. The highest BCUT2D eigenvalue weighted by molar-refractivity contribution is 7.92. The molecule has 1 aliphatic rings. The number of rotatable bonds is 11. The van der Waals surface area contributed by atoms with E-state index in [9.17, 15) is 18.0 Å².